The van der Waals surface area contributed by atoms with Crippen LogP contribution in [-0.2, 0) is 36.8 Å². The fourth-order valence-electron chi connectivity index (χ4n) is 4.89. The molecule has 1 aliphatic rings. The summed E-state index contributed by atoms with van der Waals surface area (Å²) in [5.74, 6) is -0.607. The van der Waals surface area contributed by atoms with Crippen LogP contribution in [0.25, 0.3) is 0 Å². The van der Waals surface area contributed by atoms with Crippen LogP contribution in [0.5, 0.6) is 0 Å². The number of esters is 1. The lowest BCUT2D eigenvalue weighted by atomic mass is 10.0. The summed E-state index contributed by atoms with van der Waals surface area (Å²) in [4.78, 5) is 30.0. The summed E-state index contributed by atoms with van der Waals surface area (Å²) >= 11 is 0. The van der Waals surface area contributed by atoms with E-state index < -0.39 is 29.4 Å². The van der Waals surface area contributed by atoms with Crippen LogP contribution in [0.1, 0.15) is 45.2 Å². The molecule has 1 aliphatic heterocycles. The molecule has 1 saturated heterocycles. The van der Waals surface area contributed by atoms with Crippen molar-refractivity contribution in [1.82, 2.24) is 9.80 Å². The van der Waals surface area contributed by atoms with E-state index >= 15 is 0 Å². The number of carbonyl (C=O) groups is 2. The van der Waals surface area contributed by atoms with Gasteiger partial charge in [-0.25, -0.2) is 9.59 Å². The average molecular weight is 513 g/mol. The molecule has 2 aromatic rings. The molecule has 0 bridgehead atoms. The largest absolute Gasteiger partial charge is 0.466 e. The van der Waals surface area contributed by atoms with Crippen LogP contribution in [0.15, 0.2) is 60.7 Å². The number of methoxy groups -OCH3 is 2. The Labute approximate surface area is 220 Å². The maximum Gasteiger partial charge on any atom is 0.413 e. The Hall–Kier alpha value is -2.94. The molecule has 1 heterocycles. The second-order valence-electron chi connectivity index (χ2n) is 10.5. The molecular weight excluding hydrogens is 472 g/mol. The zero-order chi connectivity index (χ0) is 27.1. The molecule has 2 aromatic carbocycles. The van der Waals surface area contributed by atoms with Crippen LogP contribution in [0.4, 0.5) is 4.79 Å². The Morgan fingerprint density at radius 3 is 1.92 bits per heavy atom. The molecule has 3 rings (SSSR count). The van der Waals surface area contributed by atoms with Crippen molar-refractivity contribution in [3.05, 3.63) is 71.8 Å². The second-order valence-corrected chi connectivity index (χ2v) is 10.5. The number of nitrogens with zero attached hydrogens (tertiary/aromatic N) is 2. The first kappa shape index (κ1) is 28.6. The van der Waals surface area contributed by atoms with Crippen LogP contribution in [0, 0.1) is 0 Å². The van der Waals surface area contributed by atoms with Crippen molar-refractivity contribution in [2.75, 3.05) is 27.4 Å². The minimum atomic E-state index is -1.11. The SMILES string of the molecule is COC[C@H](C[C@@H](OC(=O)N1C(C)(C)COC1(C)C)C(=O)OC)N(Cc1ccccc1)Cc1ccccc1. The normalized spacial score (nSPS) is 17.9. The van der Waals surface area contributed by atoms with E-state index in [1.165, 1.54) is 7.11 Å². The van der Waals surface area contributed by atoms with E-state index in [9.17, 15) is 9.59 Å². The molecule has 0 spiro atoms. The van der Waals surface area contributed by atoms with Crippen molar-refractivity contribution in [3.63, 3.8) is 0 Å². The lowest BCUT2D eigenvalue weighted by molar-refractivity contribution is -0.154. The van der Waals surface area contributed by atoms with Crippen molar-refractivity contribution in [2.24, 2.45) is 0 Å². The third-order valence-corrected chi connectivity index (χ3v) is 6.63. The molecule has 0 radical (unpaired) electrons. The summed E-state index contributed by atoms with van der Waals surface area (Å²) in [6.45, 7) is 9.41. The molecule has 1 amide bonds. The highest BCUT2D eigenvalue weighted by Crippen LogP contribution is 2.35. The monoisotopic (exact) mass is 512 g/mol. The third kappa shape index (κ3) is 7.53. The quantitative estimate of drug-likeness (QED) is 0.407. The molecule has 8 heteroatoms. The Morgan fingerprint density at radius 2 is 1.49 bits per heavy atom. The highest BCUT2D eigenvalue weighted by molar-refractivity contribution is 5.79. The fourth-order valence-corrected chi connectivity index (χ4v) is 4.89. The van der Waals surface area contributed by atoms with E-state index in [-0.39, 0.29) is 12.5 Å². The first-order chi connectivity index (χ1) is 17.6. The van der Waals surface area contributed by atoms with E-state index in [1.807, 2.05) is 64.1 Å². The lowest BCUT2D eigenvalue weighted by Crippen LogP contribution is -2.54. The van der Waals surface area contributed by atoms with Gasteiger partial charge in [0.2, 0.25) is 6.10 Å². The molecule has 0 N–H and O–H groups in total. The highest BCUT2D eigenvalue weighted by Gasteiger charge is 2.50. The molecule has 0 unspecified atom stereocenters. The number of benzene rings is 2. The summed E-state index contributed by atoms with van der Waals surface area (Å²) in [6.07, 6.45) is -1.52. The fraction of sp³-hybridized carbons (Fsp3) is 0.517. The number of ether oxygens (including phenoxy) is 4. The number of carbonyl (C=O) groups excluding carboxylic acids is 2. The highest BCUT2D eigenvalue weighted by atomic mass is 16.6. The number of hydrogen-bond donors (Lipinski definition) is 0. The number of hydrogen-bond acceptors (Lipinski definition) is 7. The van der Waals surface area contributed by atoms with Gasteiger partial charge in [-0.3, -0.25) is 9.80 Å². The van der Waals surface area contributed by atoms with E-state index in [0.29, 0.717) is 26.3 Å². The Kier molecular flexibility index (Phi) is 9.70. The van der Waals surface area contributed by atoms with E-state index in [2.05, 4.69) is 29.2 Å². The van der Waals surface area contributed by atoms with Gasteiger partial charge in [0, 0.05) is 32.7 Å². The van der Waals surface area contributed by atoms with Gasteiger partial charge in [0.1, 0.15) is 5.72 Å². The van der Waals surface area contributed by atoms with Crippen LogP contribution < -0.4 is 0 Å². The molecule has 2 atom stereocenters. The topological polar surface area (TPSA) is 77.5 Å². The van der Waals surface area contributed by atoms with Gasteiger partial charge in [0.05, 0.1) is 25.9 Å². The maximum atomic E-state index is 13.4. The average Bonchev–Trinajstić information content (AvgIpc) is 3.10. The van der Waals surface area contributed by atoms with Crippen molar-refractivity contribution in [1.29, 1.82) is 0 Å². The molecule has 1 fully saturated rings. The van der Waals surface area contributed by atoms with Crippen molar-refractivity contribution in [2.45, 2.75) is 70.6 Å². The van der Waals surface area contributed by atoms with Crippen molar-refractivity contribution in [3.8, 4) is 0 Å². The van der Waals surface area contributed by atoms with Crippen molar-refractivity contribution < 1.29 is 28.5 Å². The zero-order valence-electron chi connectivity index (χ0n) is 22.8. The van der Waals surface area contributed by atoms with Gasteiger partial charge in [0.25, 0.3) is 0 Å². The third-order valence-electron chi connectivity index (χ3n) is 6.63. The Bertz CT molecular complexity index is 954. The van der Waals surface area contributed by atoms with Crippen LogP contribution >= 0.6 is 0 Å². The van der Waals surface area contributed by atoms with Gasteiger partial charge < -0.3 is 18.9 Å². The lowest BCUT2D eigenvalue weighted by Gasteiger charge is -2.38. The predicted molar refractivity (Wildman–Crippen MR) is 141 cm³/mol. The van der Waals surface area contributed by atoms with Gasteiger partial charge in [-0.1, -0.05) is 60.7 Å². The van der Waals surface area contributed by atoms with Gasteiger partial charge in [-0.15, -0.1) is 0 Å². The smallest absolute Gasteiger partial charge is 0.413 e. The molecule has 8 nitrogen and oxygen atoms in total. The minimum Gasteiger partial charge on any atom is -0.466 e. The standard InChI is InChI=1S/C29H40N2O6/c1-28(2)21-36-29(3,4)31(28)27(33)37-25(26(32)35-6)17-24(20-34-5)30(18-22-13-9-7-10-14-22)19-23-15-11-8-12-16-23/h7-16,24-25H,17-21H2,1-6H3/t24-,25+/m0/s1. The maximum absolute atomic E-state index is 13.4. The van der Waals surface area contributed by atoms with Crippen LogP contribution in [0.2, 0.25) is 0 Å². The van der Waals surface area contributed by atoms with Crippen LogP contribution in [-0.4, -0.2) is 72.7 Å². The van der Waals surface area contributed by atoms with E-state index in [1.54, 1.807) is 12.0 Å². The molecule has 0 aliphatic carbocycles. The number of rotatable bonds is 11. The van der Waals surface area contributed by atoms with E-state index in [4.69, 9.17) is 18.9 Å². The molecule has 0 aromatic heterocycles. The predicted octanol–water partition coefficient (Wildman–Crippen LogP) is 4.62. The summed E-state index contributed by atoms with van der Waals surface area (Å²) in [7, 11) is 2.93. The minimum absolute atomic E-state index is 0.210. The first-order valence-electron chi connectivity index (χ1n) is 12.6. The molecule has 37 heavy (non-hydrogen) atoms. The van der Waals surface area contributed by atoms with Gasteiger partial charge >= 0.3 is 12.1 Å². The van der Waals surface area contributed by atoms with Gasteiger partial charge in [-0.05, 0) is 38.8 Å². The van der Waals surface area contributed by atoms with E-state index in [0.717, 1.165) is 11.1 Å². The summed E-state index contributed by atoms with van der Waals surface area (Å²) in [5, 5.41) is 0. The zero-order valence-corrected chi connectivity index (χ0v) is 22.8. The second kappa shape index (κ2) is 12.5. The van der Waals surface area contributed by atoms with Gasteiger partial charge in [0.15, 0.2) is 0 Å². The Balaban J connectivity index is 1.86. The molecule has 0 saturated carbocycles. The summed E-state index contributed by atoms with van der Waals surface area (Å²) in [5.41, 5.74) is 0.812. The summed E-state index contributed by atoms with van der Waals surface area (Å²) in [6, 6.07) is 20.0. The van der Waals surface area contributed by atoms with Gasteiger partial charge in [-0.2, -0.15) is 0 Å². The number of amides is 1. The first-order valence-corrected chi connectivity index (χ1v) is 12.6. The molecular formula is C29H40N2O6. The molecule has 202 valence electrons. The Morgan fingerprint density at radius 1 is 0.946 bits per heavy atom. The van der Waals surface area contributed by atoms with Crippen molar-refractivity contribution >= 4 is 12.1 Å². The summed E-state index contributed by atoms with van der Waals surface area (Å²) < 4.78 is 22.3. The van der Waals surface area contributed by atoms with Crippen LogP contribution in [0.3, 0.4) is 0 Å².